The van der Waals surface area contributed by atoms with E-state index in [-0.39, 0.29) is 5.56 Å². The van der Waals surface area contributed by atoms with Crippen molar-refractivity contribution in [3.05, 3.63) is 73.2 Å². The first kappa shape index (κ1) is 28.0. The number of H-pyrrole nitrogens is 1. The van der Waals surface area contributed by atoms with Gasteiger partial charge in [-0.3, -0.25) is 13.9 Å². The summed E-state index contributed by atoms with van der Waals surface area (Å²) in [5, 5.41) is 0. The molecule has 2 aromatic carbocycles. The summed E-state index contributed by atoms with van der Waals surface area (Å²) in [6, 6.07) is 15.4. The molecule has 192 valence electrons. The van der Waals surface area contributed by atoms with Gasteiger partial charge in [-0.25, -0.2) is 0 Å². The molecule has 0 saturated carbocycles. The topological polar surface area (TPSA) is 55.2 Å². The highest BCUT2D eigenvalue weighted by molar-refractivity contribution is 7.73. The van der Waals surface area contributed by atoms with Crippen LogP contribution in [0.2, 0.25) is 0 Å². The molecule has 2 aromatic heterocycles. The van der Waals surface area contributed by atoms with Crippen molar-refractivity contribution in [3.8, 4) is 17.1 Å². The molecule has 0 spiro atoms. The van der Waals surface area contributed by atoms with Crippen molar-refractivity contribution < 1.29 is 4.74 Å². The molecule has 0 aliphatic carbocycles. The van der Waals surface area contributed by atoms with Crippen LogP contribution in [0.4, 0.5) is 0 Å². The fraction of sp³-hybridized carbons (Fsp3) is 0.370. The second-order valence-corrected chi connectivity index (χ2v) is 10.0. The Labute approximate surface area is 226 Å². The van der Waals surface area contributed by atoms with Crippen LogP contribution in [0.5, 0.6) is 5.75 Å². The SMILES string of the molecule is CCN(CC)CC.CCOc1ccc(-n2c(=S)[nH]c3c(sc(=S)n3-c3ccc(CC)cc3)c2=O)cc1. The zero-order chi connectivity index (χ0) is 26.2. The number of nitrogens with one attached hydrogen (secondary N) is 1. The second kappa shape index (κ2) is 13.1. The highest BCUT2D eigenvalue weighted by Gasteiger charge is 2.15. The number of ether oxygens (including phenoxy) is 1. The lowest BCUT2D eigenvalue weighted by molar-refractivity contribution is 0.321. The van der Waals surface area contributed by atoms with E-state index >= 15 is 0 Å². The molecule has 0 saturated heterocycles. The van der Waals surface area contributed by atoms with Crippen LogP contribution in [-0.4, -0.2) is 45.3 Å². The summed E-state index contributed by atoms with van der Waals surface area (Å²) in [6.07, 6.45) is 0.964. The number of nitrogens with zero attached hydrogens (tertiary/aromatic N) is 3. The van der Waals surface area contributed by atoms with Gasteiger partial charge in [0.25, 0.3) is 5.56 Å². The summed E-state index contributed by atoms with van der Waals surface area (Å²) in [5.41, 5.74) is 3.27. The van der Waals surface area contributed by atoms with E-state index in [0.29, 0.717) is 31.4 Å². The van der Waals surface area contributed by atoms with E-state index in [2.05, 4.69) is 49.7 Å². The van der Waals surface area contributed by atoms with Crippen molar-refractivity contribution in [2.45, 2.75) is 41.0 Å². The molecular formula is C27H34N4O2S3. The van der Waals surface area contributed by atoms with Crippen LogP contribution in [-0.2, 0) is 6.42 Å². The van der Waals surface area contributed by atoms with Crippen LogP contribution in [0.25, 0.3) is 21.7 Å². The van der Waals surface area contributed by atoms with Gasteiger partial charge in [-0.05, 0) is 99.4 Å². The van der Waals surface area contributed by atoms with Gasteiger partial charge < -0.3 is 14.6 Å². The van der Waals surface area contributed by atoms with Crippen molar-refractivity contribution in [1.82, 2.24) is 19.0 Å². The van der Waals surface area contributed by atoms with Crippen LogP contribution < -0.4 is 10.3 Å². The molecule has 0 radical (unpaired) electrons. The smallest absolute Gasteiger partial charge is 0.278 e. The minimum absolute atomic E-state index is 0.187. The van der Waals surface area contributed by atoms with Crippen molar-refractivity contribution in [3.63, 3.8) is 0 Å². The Hall–Kier alpha value is -2.59. The molecule has 9 heteroatoms. The van der Waals surface area contributed by atoms with E-state index in [1.54, 1.807) is 0 Å². The Morgan fingerprint density at radius 1 is 0.861 bits per heavy atom. The van der Waals surface area contributed by atoms with Gasteiger partial charge in [0.2, 0.25) is 0 Å². The standard InChI is InChI=1S/C21H19N3O2S3.C6H15N/c1-3-13-5-7-14(8-6-13)23-18-17(29-21(23)28)19(25)24(20(27)22-18)15-9-11-16(12-10-15)26-4-2;1-4-7(5-2)6-3/h5-12H,3-4H2,1-2H3,(H,22,27);4-6H2,1-3H3. The van der Waals surface area contributed by atoms with E-state index in [1.165, 1.54) is 41.1 Å². The fourth-order valence-corrected chi connectivity index (χ4v) is 5.47. The Bertz CT molecular complexity index is 1440. The average molecular weight is 543 g/mol. The van der Waals surface area contributed by atoms with Crippen LogP contribution >= 0.6 is 35.8 Å². The molecule has 2 heterocycles. The molecule has 4 rings (SSSR count). The minimum Gasteiger partial charge on any atom is -0.494 e. The molecule has 0 aliphatic rings. The average Bonchev–Trinajstić information content (AvgIpc) is 3.22. The highest BCUT2D eigenvalue weighted by atomic mass is 32.1. The first-order valence-electron chi connectivity index (χ1n) is 12.3. The third-order valence-corrected chi connectivity index (χ3v) is 7.63. The van der Waals surface area contributed by atoms with Gasteiger partial charge in [0.1, 0.15) is 16.1 Å². The van der Waals surface area contributed by atoms with Gasteiger partial charge in [-0.1, -0.05) is 51.2 Å². The van der Waals surface area contributed by atoms with Crippen LogP contribution in [0.15, 0.2) is 53.3 Å². The Morgan fingerprint density at radius 3 is 1.92 bits per heavy atom. The van der Waals surface area contributed by atoms with Crippen LogP contribution in [0, 0.1) is 8.73 Å². The predicted molar refractivity (Wildman–Crippen MR) is 157 cm³/mol. The van der Waals surface area contributed by atoms with Crippen molar-refractivity contribution in [2.75, 3.05) is 26.2 Å². The summed E-state index contributed by atoms with van der Waals surface area (Å²) < 4.78 is 10.3. The molecule has 36 heavy (non-hydrogen) atoms. The zero-order valence-corrected chi connectivity index (χ0v) is 24.0. The molecule has 0 fully saturated rings. The number of hydrogen-bond acceptors (Lipinski definition) is 6. The van der Waals surface area contributed by atoms with Crippen molar-refractivity contribution in [2.24, 2.45) is 0 Å². The summed E-state index contributed by atoms with van der Waals surface area (Å²) in [4.78, 5) is 18.8. The molecule has 0 unspecified atom stereocenters. The maximum atomic E-state index is 13.3. The lowest BCUT2D eigenvalue weighted by Crippen LogP contribution is -2.21. The first-order chi connectivity index (χ1) is 17.4. The van der Waals surface area contributed by atoms with E-state index in [1.807, 2.05) is 47.9 Å². The van der Waals surface area contributed by atoms with Crippen molar-refractivity contribution in [1.29, 1.82) is 0 Å². The quantitative estimate of drug-likeness (QED) is 0.245. The van der Waals surface area contributed by atoms with Gasteiger partial charge in [-0.2, -0.15) is 0 Å². The van der Waals surface area contributed by atoms with Crippen LogP contribution in [0.3, 0.4) is 0 Å². The molecule has 1 N–H and O–H groups in total. The predicted octanol–water partition coefficient (Wildman–Crippen LogP) is 6.94. The van der Waals surface area contributed by atoms with Crippen molar-refractivity contribution >= 4 is 46.1 Å². The Kier molecular flexibility index (Phi) is 10.2. The number of aryl methyl sites for hydroxylation is 1. The van der Waals surface area contributed by atoms with E-state index in [0.717, 1.165) is 17.9 Å². The molecule has 0 bridgehead atoms. The molecule has 0 atom stereocenters. The third-order valence-electron chi connectivity index (χ3n) is 5.99. The number of thiazole rings is 1. The number of aromatic amines is 1. The zero-order valence-electron chi connectivity index (χ0n) is 21.5. The van der Waals surface area contributed by atoms with Gasteiger partial charge in [0.05, 0.1) is 12.3 Å². The maximum Gasteiger partial charge on any atom is 0.278 e. The third kappa shape index (κ3) is 6.21. The maximum absolute atomic E-state index is 13.3. The number of hydrogen-bond donors (Lipinski definition) is 1. The van der Waals surface area contributed by atoms with Gasteiger partial charge in [-0.15, -0.1) is 0 Å². The molecule has 6 nitrogen and oxygen atoms in total. The lowest BCUT2D eigenvalue weighted by Gasteiger charge is -2.13. The van der Waals surface area contributed by atoms with Gasteiger partial charge >= 0.3 is 0 Å². The summed E-state index contributed by atoms with van der Waals surface area (Å²) >= 11 is 12.4. The van der Waals surface area contributed by atoms with E-state index in [9.17, 15) is 4.79 Å². The van der Waals surface area contributed by atoms with Crippen LogP contribution in [0.1, 0.15) is 40.2 Å². The Balaban J connectivity index is 0.000000454. The van der Waals surface area contributed by atoms with E-state index < -0.39 is 0 Å². The highest BCUT2D eigenvalue weighted by Crippen LogP contribution is 2.24. The Morgan fingerprint density at radius 2 is 1.42 bits per heavy atom. The van der Waals surface area contributed by atoms with Gasteiger partial charge in [0.15, 0.2) is 8.73 Å². The summed E-state index contributed by atoms with van der Waals surface area (Å²) in [7, 11) is 0. The summed E-state index contributed by atoms with van der Waals surface area (Å²) in [5.74, 6) is 0.748. The largest absolute Gasteiger partial charge is 0.494 e. The summed E-state index contributed by atoms with van der Waals surface area (Å²) in [6.45, 7) is 14.7. The number of benzene rings is 2. The molecule has 0 aliphatic heterocycles. The normalized spacial score (nSPS) is 10.9. The number of fused-ring (bicyclic) bond motifs is 1. The van der Waals surface area contributed by atoms with E-state index in [4.69, 9.17) is 29.2 Å². The molecule has 4 aromatic rings. The number of rotatable bonds is 8. The van der Waals surface area contributed by atoms with Gasteiger partial charge in [0, 0.05) is 5.69 Å². The first-order valence-corrected chi connectivity index (χ1v) is 14.0. The molecular weight excluding hydrogens is 509 g/mol. The lowest BCUT2D eigenvalue weighted by atomic mass is 10.1. The monoisotopic (exact) mass is 542 g/mol. The second-order valence-electron chi connectivity index (χ2n) is 8.02. The minimum atomic E-state index is -0.187. The fourth-order valence-electron chi connectivity index (χ4n) is 3.86. The number of aromatic nitrogens is 3. The molecule has 0 amide bonds.